The Labute approximate surface area is 102 Å². The van der Waals surface area contributed by atoms with Gasteiger partial charge in [0.15, 0.2) is 0 Å². The van der Waals surface area contributed by atoms with Gasteiger partial charge in [0.05, 0.1) is 7.11 Å². The molecule has 1 fully saturated rings. The molecule has 0 unspecified atom stereocenters. The molecular formula is C13H18N2O2. The van der Waals surface area contributed by atoms with E-state index < -0.39 is 0 Å². The molecule has 0 bridgehead atoms. The molecule has 1 N–H and O–H groups in total. The van der Waals surface area contributed by atoms with Crippen molar-refractivity contribution >= 4 is 5.91 Å². The van der Waals surface area contributed by atoms with Gasteiger partial charge in [-0.3, -0.25) is 4.79 Å². The number of ether oxygens (including phenoxy) is 1. The third-order valence-electron chi connectivity index (χ3n) is 3.08. The first kappa shape index (κ1) is 11.9. The number of hydrogen-bond acceptors (Lipinski definition) is 3. The zero-order valence-electron chi connectivity index (χ0n) is 10.3. The summed E-state index contributed by atoms with van der Waals surface area (Å²) in [5, 5.41) is 3.27. The Bertz CT molecular complexity index is 406. The molecule has 0 saturated carbocycles. The number of rotatable bonds is 2. The minimum Gasteiger partial charge on any atom is -0.497 e. The van der Waals surface area contributed by atoms with Crippen molar-refractivity contribution < 1.29 is 9.53 Å². The Morgan fingerprint density at radius 3 is 3.06 bits per heavy atom. The molecule has 1 saturated heterocycles. The summed E-state index contributed by atoms with van der Waals surface area (Å²) in [4.78, 5) is 14.2. The average molecular weight is 234 g/mol. The number of nitrogens with zero attached hydrogens (tertiary/aromatic N) is 1. The summed E-state index contributed by atoms with van der Waals surface area (Å²) in [5.41, 5.74) is 0.693. The van der Waals surface area contributed by atoms with E-state index in [1.54, 1.807) is 13.2 Å². The van der Waals surface area contributed by atoms with Crippen LogP contribution in [0.4, 0.5) is 0 Å². The summed E-state index contributed by atoms with van der Waals surface area (Å²) in [7, 11) is 1.61. The summed E-state index contributed by atoms with van der Waals surface area (Å²) >= 11 is 0. The predicted octanol–water partition coefficient (Wildman–Crippen LogP) is 1.13. The molecular weight excluding hydrogens is 216 g/mol. The molecule has 2 rings (SSSR count). The molecule has 0 radical (unpaired) electrons. The van der Waals surface area contributed by atoms with Crippen LogP contribution < -0.4 is 10.1 Å². The Hall–Kier alpha value is -1.55. The monoisotopic (exact) mass is 234 g/mol. The first-order chi connectivity index (χ1) is 8.22. The van der Waals surface area contributed by atoms with Gasteiger partial charge in [-0.05, 0) is 25.1 Å². The lowest BCUT2D eigenvalue weighted by atomic mass is 10.1. The van der Waals surface area contributed by atoms with Gasteiger partial charge < -0.3 is 15.0 Å². The van der Waals surface area contributed by atoms with Crippen molar-refractivity contribution in [2.45, 2.75) is 13.0 Å². The first-order valence-electron chi connectivity index (χ1n) is 5.88. The van der Waals surface area contributed by atoms with Crippen LogP contribution in [0.2, 0.25) is 0 Å². The number of nitrogens with one attached hydrogen (secondary N) is 1. The Morgan fingerprint density at radius 1 is 1.53 bits per heavy atom. The predicted molar refractivity (Wildman–Crippen MR) is 66.4 cm³/mol. The molecule has 1 aliphatic rings. The van der Waals surface area contributed by atoms with Crippen LogP contribution in [0.15, 0.2) is 24.3 Å². The molecule has 4 heteroatoms. The van der Waals surface area contributed by atoms with Gasteiger partial charge in [-0.15, -0.1) is 0 Å². The molecule has 0 aromatic heterocycles. The van der Waals surface area contributed by atoms with E-state index in [0.29, 0.717) is 5.56 Å². The molecule has 1 heterocycles. The zero-order valence-corrected chi connectivity index (χ0v) is 10.3. The number of carbonyl (C=O) groups excluding carboxylic acids is 1. The van der Waals surface area contributed by atoms with Gasteiger partial charge in [-0.25, -0.2) is 0 Å². The first-order valence-corrected chi connectivity index (χ1v) is 5.88. The molecule has 0 spiro atoms. The van der Waals surface area contributed by atoms with E-state index in [4.69, 9.17) is 4.74 Å². The lowest BCUT2D eigenvalue weighted by Gasteiger charge is -2.34. The summed E-state index contributed by atoms with van der Waals surface area (Å²) < 4.78 is 5.14. The highest BCUT2D eigenvalue weighted by Crippen LogP contribution is 2.16. The number of amides is 1. The van der Waals surface area contributed by atoms with Crippen LogP contribution in [0.3, 0.4) is 0 Å². The van der Waals surface area contributed by atoms with Gasteiger partial charge in [0, 0.05) is 31.2 Å². The van der Waals surface area contributed by atoms with Gasteiger partial charge in [0.25, 0.3) is 5.91 Å². The van der Waals surface area contributed by atoms with Crippen molar-refractivity contribution in [1.29, 1.82) is 0 Å². The SMILES string of the molecule is COc1cccc(C(=O)N2CCNC[C@@H]2C)c1. The maximum Gasteiger partial charge on any atom is 0.254 e. The molecule has 1 amide bonds. The van der Waals surface area contributed by atoms with E-state index in [-0.39, 0.29) is 11.9 Å². The molecule has 1 atom stereocenters. The van der Waals surface area contributed by atoms with Crippen molar-refractivity contribution in [3.8, 4) is 5.75 Å². The second kappa shape index (κ2) is 5.19. The third kappa shape index (κ3) is 2.58. The molecule has 1 aromatic rings. The molecule has 1 aromatic carbocycles. The van der Waals surface area contributed by atoms with E-state index in [2.05, 4.69) is 12.2 Å². The van der Waals surface area contributed by atoms with Gasteiger partial charge in [-0.1, -0.05) is 6.07 Å². The number of piperazine rings is 1. The van der Waals surface area contributed by atoms with E-state index >= 15 is 0 Å². The van der Waals surface area contributed by atoms with Crippen molar-refractivity contribution in [3.63, 3.8) is 0 Å². The summed E-state index contributed by atoms with van der Waals surface area (Å²) in [6.07, 6.45) is 0. The van der Waals surface area contributed by atoms with Crippen LogP contribution in [0.5, 0.6) is 5.75 Å². The zero-order chi connectivity index (χ0) is 12.3. The summed E-state index contributed by atoms with van der Waals surface area (Å²) in [6, 6.07) is 7.55. The highest BCUT2D eigenvalue weighted by Gasteiger charge is 2.23. The summed E-state index contributed by atoms with van der Waals surface area (Å²) in [6.45, 7) is 4.54. The lowest BCUT2D eigenvalue weighted by Crippen LogP contribution is -2.52. The smallest absolute Gasteiger partial charge is 0.254 e. The second-order valence-corrected chi connectivity index (χ2v) is 4.28. The molecule has 92 valence electrons. The van der Waals surface area contributed by atoms with Crippen molar-refractivity contribution in [2.75, 3.05) is 26.7 Å². The lowest BCUT2D eigenvalue weighted by molar-refractivity contribution is 0.0655. The number of methoxy groups -OCH3 is 1. The van der Waals surface area contributed by atoms with E-state index in [0.717, 1.165) is 25.4 Å². The normalized spacial score (nSPS) is 20.1. The fourth-order valence-corrected chi connectivity index (χ4v) is 2.06. The Balaban J connectivity index is 2.17. The molecule has 0 aliphatic carbocycles. The maximum atomic E-state index is 12.3. The van der Waals surface area contributed by atoms with Crippen molar-refractivity contribution in [1.82, 2.24) is 10.2 Å². The third-order valence-corrected chi connectivity index (χ3v) is 3.08. The molecule has 1 aliphatic heterocycles. The van der Waals surface area contributed by atoms with Crippen LogP contribution >= 0.6 is 0 Å². The fraction of sp³-hybridized carbons (Fsp3) is 0.462. The highest BCUT2D eigenvalue weighted by atomic mass is 16.5. The summed E-state index contributed by atoms with van der Waals surface area (Å²) in [5.74, 6) is 0.802. The molecule has 4 nitrogen and oxygen atoms in total. The van der Waals surface area contributed by atoms with Crippen LogP contribution in [0.25, 0.3) is 0 Å². The van der Waals surface area contributed by atoms with Crippen LogP contribution in [0, 0.1) is 0 Å². The Morgan fingerprint density at radius 2 is 2.35 bits per heavy atom. The van der Waals surface area contributed by atoms with Crippen LogP contribution in [-0.2, 0) is 0 Å². The fourth-order valence-electron chi connectivity index (χ4n) is 2.06. The average Bonchev–Trinajstić information content (AvgIpc) is 2.38. The quantitative estimate of drug-likeness (QED) is 0.834. The highest BCUT2D eigenvalue weighted by molar-refractivity contribution is 5.94. The van der Waals surface area contributed by atoms with E-state index in [1.165, 1.54) is 0 Å². The Kier molecular flexibility index (Phi) is 3.64. The van der Waals surface area contributed by atoms with Gasteiger partial charge in [-0.2, -0.15) is 0 Å². The number of benzene rings is 1. The van der Waals surface area contributed by atoms with Crippen LogP contribution in [0.1, 0.15) is 17.3 Å². The number of hydrogen-bond donors (Lipinski definition) is 1. The van der Waals surface area contributed by atoms with Crippen LogP contribution in [-0.4, -0.2) is 43.6 Å². The largest absolute Gasteiger partial charge is 0.497 e. The minimum absolute atomic E-state index is 0.0814. The second-order valence-electron chi connectivity index (χ2n) is 4.28. The number of carbonyl (C=O) groups is 1. The van der Waals surface area contributed by atoms with E-state index in [1.807, 2.05) is 23.1 Å². The van der Waals surface area contributed by atoms with Gasteiger partial charge in [0.1, 0.15) is 5.75 Å². The van der Waals surface area contributed by atoms with Crippen molar-refractivity contribution in [3.05, 3.63) is 29.8 Å². The minimum atomic E-state index is 0.0814. The van der Waals surface area contributed by atoms with Gasteiger partial charge in [0.2, 0.25) is 0 Å². The van der Waals surface area contributed by atoms with E-state index in [9.17, 15) is 4.79 Å². The van der Waals surface area contributed by atoms with Crippen molar-refractivity contribution in [2.24, 2.45) is 0 Å². The molecule has 17 heavy (non-hydrogen) atoms. The van der Waals surface area contributed by atoms with Gasteiger partial charge >= 0.3 is 0 Å². The topological polar surface area (TPSA) is 41.6 Å². The standard InChI is InChI=1S/C13H18N2O2/c1-10-9-14-6-7-15(10)13(16)11-4-3-5-12(8-11)17-2/h3-5,8,10,14H,6-7,9H2,1-2H3/t10-/m0/s1. The maximum absolute atomic E-state index is 12.3.